The van der Waals surface area contributed by atoms with Crippen LogP contribution < -0.4 is 0 Å². The first-order valence-corrected chi connectivity index (χ1v) is 21.7. The monoisotopic (exact) mass is 798 g/mol. The standard InChI is InChI=1S/C46H75N3O8/c1-10-40-37(29-49(30(2)3)28-35-17-13-11-14-18-35)25-31(4)19-20-38(50)32(5)26-36(21-24-48-22-15-12-16-23-48)45(33(6)39(51)27-41(52)56-40)57-46-44(54)42(47(8)9)43(53)34(7)55-46/h11,13-14,17-20,25,30,32-34,36-37,39-40,42-46,51,53-54H,10,12,15-16,21-24,26-29H2,1-9H3/t32?,33?,34-,36?,37?,39?,40?,42+,43-,44-,45?,46+/m1/s1. The molecule has 322 valence electrons. The van der Waals surface area contributed by atoms with Crippen molar-refractivity contribution in [3.63, 3.8) is 0 Å². The highest BCUT2D eigenvalue weighted by molar-refractivity contribution is 5.91. The lowest BCUT2D eigenvalue weighted by molar-refractivity contribution is -0.304. The van der Waals surface area contributed by atoms with Crippen molar-refractivity contribution in [3.8, 4) is 0 Å². The molecule has 7 unspecified atom stereocenters. The van der Waals surface area contributed by atoms with Crippen LogP contribution >= 0.6 is 0 Å². The fourth-order valence-corrected chi connectivity index (χ4v) is 8.94. The van der Waals surface area contributed by atoms with Crippen LogP contribution in [0.1, 0.15) is 99.0 Å². The fraction of sp³-hybridized carbons (Fsp3) is 0.739. The Bertz CT molecular complexity index is 1430. The van der Waals surface area contributed by atoms with Crippen molar-refractivity contribution in [3.05, 3.63) is 59.7 Å². The van der Waals surface area contributed by atoms with Crippen LogP contribution in [0.4, 0.5) is 0 Å². The van der Waals surface area contributed by atoms with Crippen LogP contribution in [0.2, 0.25) is 0 Å². The van der Waals surface area contributed by atoms with Crippen LogP contribution in [0, 0.1) is 23.7 Å². The Labute approximate surface area is 343 Å². The van der Waals surface area contributed by atoms with Gasteiger partial charge in [-0.2, -0.15) is 0 Å². The number of carbonyl (C=O) groups excluding carboxylic acids is 2. The number of ether oxygens (including phenoxy) is 3. The van der Waals surface area contributed by atoms with Crippen molar-refractivity contribution in [2.24, 2.45) is 23.7 Å². The maximum absolute atomic E-state index is 13.9. The molecule has 3 aliphatic rings. The quantitative estimate of drug-likeness (QED) is 0.228. The molecule has 11 nitrogen and oxygen atoms in total. The molecule has 0 saturated carbocycles. The summed E-state index contributed by atoms with van der Waals surface area (Å²) in [4.78, 5) is 34.4. The minimum atomic E-state index is -1.19. The number of aliphatic hydroxyl groups excluding tert-OH is 3. The first-order valence-electron chi connectivity index (χ1n) is 21.7. The zero-order chi connectivity index (χ0) is 41.8. The van der Waals surface area contributed by atoms with Gasteiger partial charge in [0.1, 0.15) is 12.2 Å². The summed E-state index contributed by atoms with van der Waals surface area (Å²) < 4.78 is 19.2. The minimum absolute atomic E-state index is 0.00559. The van der Waals surface area contributed by atoms with E-state index in [2.05, 4.69) is 41.9 Å². The molecular weight excluding hydrogens is 723 g/mol. The Kier molecular flexibility index (Phi) is 18.9. The Balaban J connectivity index is 1.70. The molecule has 3 N–H and O–H groups in total. The predicted octanol–water partition coefficient (Wildman–Crippen LogP) is 5.61. The van der Waals surface area contributed by atoms with Crippen molar-refractivity contribution in [2.45, 2.75) is 155 Å². The van der Waals surface area contributed by atoms with Crippen molar-refractivity contribution >= 4 is 11.8 Å². The van der Waals surface area contributed by atoms with Crippen LogP contribution in [0.5, 0.6) is 0 Å². The molecule has 3 heterocycles. The third kappa shape index (κ3) is 13.8. The van der Waals surface area contributed by atoms with E-state index in [1.165, 1.54) is 12.0 Å². The average molecular weight is 798 g/mol. The van der Waals surface area contributed by atoms with Crippen LogP contribution in [-0.4, -0.2) is 137 Å². The van der Waals surface area contributed by atoms with E-state index in [9.17, 15) is 24.9 Å². The number of benzene rings is 1. The van der Waals surface area contributed by atoms with E-state index in [0.29, 0.717) is 25.8 Å². The molecule has 3 aliphatic heterocycles. The van der Waals surface area contributed by atoms with Gasteiger partial charge in [-0.3, -0.25) is 14.5 Å². The first-order chi connectivity index (χ1) is 27.1. The first kappa shape index (κ1) is 47.2. The number of aliphatic hydroxyl groups is 3. The molecule has 0 aliphatic carbocycles. The van der Waals surface area contributed by atoms with E-state index in [0.717, 1.165) is 44.6 Å². The summed E-state index contributed by atoms with van der Waals surface area (Å²) in [7, 11) is 3.60. The minimum Gasteiger partial charge on any atom is -0.462 e. The second-order valence-corrected chi connectivity index (χ2v) is 17.7. The lowest BCUT2D eigenvalue weighted by Gasteiger charge is -2.47. The predicted molar refractivity (Wildman–Crippen MR) is 224 cm³/mol. The third-order valence-corrected chi connectivity index (χ3v) is 12.6. The Morgan fingerprint density at radius 2 is 1.65 bits per heavy atom. The second-order valence-electron chi connectivity index (χ2n) is 17.7. The molecule has 2 saturated heterocycles. The van der Waals surface area contributed by atoms with Crippen molar-refractivity contribution in [1.29, 1.82) is 0 Å². The van der Waals surface area contributed by atoms with Crippen LogP contribution in [0.15, 0.2) is 54.1 Å². The molecule has 0 amide bonds. The highest BCUT2D eigenvalue weighted by Crippen LogP contribution is 2.35. The van der Waals surface area contributed by atoms with E-state index >= 15 is 0 Å². The number of carbonyl (C=O) groups is 2. The van der Waals surface area contributed by atoms with Crippen LogP contribution in [0.3, 0.4) is 0 Å². The van der Waals surface area contributed by atoms with Crippen LogP contribution in [0.25, 0.3) is 0 Å². The molecule has 1 aromatic rings. The Hall–Kier alpha value is -2.48. The normalized spacial score (nSPS) is 34.5. The number of hydrogen-bond acceptors (Lipinski definition) is 11. The summed E-state index contributed by atoms with van der Waals surface area (Å²) in [6.07, 6.45) is 4.55. The average Bonchev–Trinajstić information content (AvgIpc) is 3.17. The van der Waals surface area contributed by atoms with Gasteiger partial charge in [0.2, 0.25) is 0 Å². The highest BCUT2D eigenvalue weighted by atomic mass is 16.7. The molecule has 12 atom stereocenters. The molecule has 0 aromatic heterocycles. The summed E-state index contributed by atoms with van der Waals surface area (Å²) in [6.45, 7) is 18.1. The van der Waals surface area contributed by atoms with Gasteiger partial charge in [0.05, 0.1) is 36.9 Å². The zero-order valence-corrected chi connectivity index (χ0v) is 36.3. The number of likely N-dealkylation sites (tertiary alicyclic amines) is 1. The van der Waals surface area contributed by atoms with Crippen LogP contribution in [-0.2, 0) is 30.3 Å². The van der Waals surface area contributed by atoms with Gasteiger partial charge >= 0.3 is 5.97 Å². The number of piperidine rings is 1. The summed E-state index contributed by atoms with van der Waals surface area (Å²) >= 11 is 0. The van der Waals surface area contributed by atoms with Gasteiger partial charge in [-0.1, -0.05) is 75.2 Å². The van der Waals surface area contributed by atoms with Gasteiger partial charge in [-0.15, -0.1) is 0 Å². The number of esters is 1. The summed E-state index contributed by atoms with van der Waals surface area (Å²) in [6, 6.07) is 9.90. The number of nitrogens with zero attached hydrogens (tertiary/aromatic N) is 3. The number of allylic oxidation sites excluding steroid dienone is 3. The molecule has 0 bridgehead atoms. The van der Waals surface area contributed by atoms with Crippen molar-refractivity contribution < 1.29 is 39.1 Å². The van der Waals surface area contributed by atoms with Gasteiger partial charge < -0.3 is 39.3 Å². The fourth-order valence-electron chi connectivity index (χ4n) is 8.94. The second kappa shape index (κ2) is 22.8. The third-order valence-electron chi connectivity index (χ3n) is 12.6. The smallest absolute Gasteiger partial charge is 0.308 e. The topological polar surface area (TPSA) is 132 Å². The van der Waals surface area contributed by atoms with Gasteiger partial charge in [0, 0.05) is 36.9 Å². The summed E-state index contributed by atoms with van der Waals surface area (Å²) in [5, 5.41) is 34.5. The van der Waals surface area contributed by atoms with E-state index < -0.39 is 60.8 Å². The van der Waals surface area contributed by atoms with Crippen molar-refractivity contribution in [2.75, 3.05) is 40.3 Å². The number of hydrogen-bond donors (Lipinski definition) is 3. The molecule has 2 fully saturated rings. The molecule has 0 spiro atoms. The van der Waals surface area contributed by atoms with Gasteiger partial charge in [0.25, 0.3) is 0 Å². The van der Waals surface area contributed by atoms with Gasteiger partial charge in [0.15, 0.2) is 12.1 Å². The number of cyclic esters (lactones) is 1. The molecule has 0 radical (unpaired) electrons. The number of rotatable bonds is 12. The molecule has 4 rings (SSSR count). The lowest BCUT2D eigenvalue weighted by Crippen LogP contribution is -2.63. The summed E-state index contributed by atoms with van der Waals surface area (Å²) in [5.74, 6) is -1.82. The van der Waals surface area contributed by atoms with E-state index in [1.54, 1.807) is 32.0 Å². The number of ketones is 1. The van der Waals surface area contributed by atoms with E-state index in [1.807, 2.05) is 52.0 Å². The van der Waals surface area contributed by atoms with Gasteiger partial charge in [-0.05, 0) is 111 Å². The molecule has 57 heavy (non-hydrogen) atoms. The maximum Gasteiger partial charge on any atom is 0.308 e. The Morgan fingerprint density at radius 3 is 2.28 bits per heavy atom. The molecule has 11 heteroatoms. The van der Waals surface area contributed by atoms with Crippen molar-refractivity contribution in [1.82, 2.24) is 14.7 Å². The Morgan fingerprint density at radius 1 is 0.965 bits per heavy atom. The van der Waals surface area contributed by atoms with Gasteiger partial charge in [-0.25, -0.2) is 0 Å². The maximum atomic E-state index is 13.9. The van der Waals surface area contributed by atoms with E-state index in [-0.39, 0.29) is 36.0 Å². The highest BCUT2D eigenvalue weighted by Gasteiger charge is 2.47. The largest absolute Gasteiger partial charge is 0.462 e. The van der Waals surface area contributed by atoms with E-state index in [4.69, 9.17) is 14.2 Å². The molecule has 1 aromatic carbocycles. The lowest BCUT2D eigenvalue weighted by atomic mass is 9.79. The number of likely N-dealkylation sites (N-methyl/N-ethyl adjacent to an activating group) is 1. The SMILES string of the molecule is CCC1OC(=O)CC(O)C(C)C(O[C@@H]2O[C@H](C)[C@@H](O)[C@H](N(C)C)[C@H]2O)C(CCN2CCCCC2)CC(C)C(=O)C=CC(C)=CC1CN(Cc1ccccc1)C(C)C. The zero-order valence-electron chi connectivity index (χ0n) is 36.3. The molecular formula is C46H75N3O8. The summed E-state index contributed by atoms with van der Waals surface area (Å²) in [5.41, 5.74) is 2.11.